The van der Waals surface area contributed by atoms with Crippen LogP contribution in [0.1, 0.15) is 50.0 Å². The molecule has 1 aromatic rings. The molecule has 1 N–H and O–H groups in total. The van der Waals surface area contributed by atoms with Gasteiger partial charge >= 0.3 is 0 Å². The average molecular weight is 555 g/mol. The van der Waals surface area contributed by atoms with Crippen molar-refractivity contribution in [1.29, 1.82) is 0 Å². The van der Waals surface area contributed by atoms with Crippen LogP contribution in [0.3, 0.4) is 0 Å². The first-order chi connectivity index (χ1) is 15.2. The lowest BCUT2D eigenvalue weighted by atomic mass is 9.79. The molecule has 1 aromatic carbocycles. The molecule has 32 heavy (non-hydrogen) atoms. The molecule has 1 aliphatic carbocycles. The number of hydrogen-bond acceptors (Lipinski definition) is 3. The molecule has 6 nitrogen and oxygen atoms in total. The maximum Gasteiger partial charge on any atom is 0.225 e. The number of ether oxygens (including phenoxy) is 1. The Kier molecular flexibility index (Phi) is 10.1. The lowest BCUT2D eigenvalue weighted by molar-refractivity contribution is -0.140. The summed E-state index contributed by atoms with van der Waals surface area (Å²) in [6, 6.07) is 11.0. The van der Waals surface area contributed by atoms with Crippen molar-refractivity contribution in [3.05, 3.63) is 35.9 Å². The number of carbonyl (C=O) groups is 1. The van der Waals surface area contributed by atoms with Crippen molar-refractivity contribution in [3.63, 3.8) is 0 Å². The molecular weight excluding hydrogens is 515 g/mol. The van der Waals surface area contributed by atoms with E-state index < -0.39 is 0 Å². The summed E-state index contributed by atoms with van der Waals surface area (Å²) in [6.45, 7) is 5.65. The predicted octanol–water partition coefficient (Wildman–Crippen LogP) is 3.72. The van der Waals surface area contributed by atoms with Crippen molar-refractivity contribution in [2.45, 2.75) is 44.4 Å². The number of morpholine rings is 1. The summed E-state index contributed by atoms with van der Waals surface area (Å²) in [7, 11) is 1.87. The number of piperidine rings is 1. The Bertz CT molecular complexity index is 723. The van der Waals surface area contributed by atoms with Crippen LogP contribution in [-0.2, 0) is 9.53 Å². The van der Waals surface area contributed by atoms with Crippen LogP contribution in [0.4, 0.5) is 0 Å². The summed E-state index contributed by atoms with van der Waals surface area (Å²) in [5.41, 5.74) is 1.50. The van der Waals surface area contributed by atoms with Crippen molar-refractivity contribution < 1.29 is 9.53 Å². The first-order valence-electron chi connectivity index (χ1n) is 12.1. The van der Waals surface area contributed by atoms with Gasteiger partial charge in [-0.1, -0.05) is 30.3 Å². The van der Waals surface area contributed by atoms with Crippen LogP contribution in [0.25, 0.3) is 0 Å². The highest BCUT2D eigenvalue weighted by Crippen LogP contribution is 2.35. The van der Waals surface area contributed by atoms with Crippen molar-refractivity contribution in [2.75, 3.05) is 53.0 Å². The average Bonchev–Trinajstić information content (AvgIpc) is 2.86. The van der Waals surface area contributed by atoms with Gasteiger partial charge in [-0.25, -0.2) is 0 Å². The Balaban J connectivity index is 0.00000289. The maximum atomic E-state index is 12.8. The number of amides is 1. The van der Waals surface area contributed by atoms with Crippen LogP contribution in [0.15, 0.2) is 35.3 Å². The number of benzene rings is 1. The van der Waals surface area contributed by atoms with Crippen LogP contribution in [0.5, 0.6) is 0 Å². The highest BCUT2D eigenvalue weighted by Gasteiger charge is 2.30. The van der Waals surface area contributed by atoms with E-state index in [1.807, 2.05) is 11.9 Å². The van der Waals surface area contributed by atoms with E-state index in [1.165, 1.54) is 31.2 Å². The van der Waals surface area contributed by atoms with E-state index in [2.05, 4.69) is 45.5 Å². The van der Waals surface area contributed by atoms with Crippen LogP contribution in [0, 0.1) is 11.8 Å². The second kappa shape index (κ2) is 12.8. The zero-order valence-electron chi connectivity index (χ0n) is 19.4. The minimum Gasteiger partial charge on any atom is -0.378 e. The number of hydrogen-bond donors (Lipinski definition) is 1. The zero-order chi connectivity index (χ0) is 21.5. The Morgan fingerprint density at radius 3 is 2.25 bits per heavy atom. The molecule has 3 aliphatic rings. The van der Waals surface area contributed by atoms with Crippen molar-refractivity contribution in [3.8, 4) is 0 Å². The molecule has 1 amide bonds. The van der Waals surface area contributed by atoms with Crippen molar-refractivity contribution in [1.82, 2.24) is 15.1 Å². The third-order valence-electron chi connectivity index (χ3n) is 7.34. The van der Waals surface area contributed by atoms with Gasteiger partial charge in [0.15, 0.2) is 5.96 Å². The van der Waals surface area contributed by atoms with Gasteiger partial charge in [0.2, 0.25) is 5.91 Å². The summed E-state index contributed by atoms with van der Waals surface area (Å²) in [4.78, 5) is 21.6. The number of carbonyl (C=O) groups excluding carboxylic acids is 1. The molecular formula is C25H39IN4O2. The van der Waals surface area contributed by atoms with Gasteiger partial charge in [-0.15, -0.1) is 24.0 Å². The fraction of sp³-hybridized carbons (Fsp3) is 0.680. The molecule has 0 bridgehead atoms. The van der Waals surface area contributed by atoms with Crippen LogP contribution < -0.4 is 5.32 Å². The van der Waals surface area contributed by atoms with E-state index in [9.17, 15) is 4.79 Å². The molecule has 0 atom stereocenters. The summed E-state index contributed by atoms with van der Waals surface area (Å²) >= 11 is 0. The van der Waals surface area contributed by atoms with Crippen LogP contribution in [0.2, 0.25) is 0 Å². The monoisotopic (exact) mass is 554 g/mol. The molecule has 2 saturated heterocycles. The lowest BCUT2D eigenvalue weighted by Gasteiger charge is -2.37. The molecule has 0 aromatic heterocycles. The van der Waals surface area contributed by atoms with E-state index in [1.54, 1.807) is 0 Å². The molecule has 2 aliphatic heterocycles. The van der Waals surface area contributed by atoms with E-state index in [4.69, 9.17) is 4.74 Å². The fourth-order valence-electron chi connectivity index (χ4n) is 5.37. The van der Waals surface area contributed by atoms with E-state index in [0.717, 1.165) is 63.4 Å². The number of halogens is 1. The Morgan fingerprint density at radius 2 is 1.62 bits per heavy atom. The summed E-state index contributed by atoms with van der Waals surface area (Å²) in [5, 5.41) is 3.63. The predicted molar refractivity (Wildman–Crippen MR) is 140 cm³/mol. The zero-order valence-corrected chi connectivity index (χ0v) is 21.7. The lowest BCUT2D eigenvalue weighted by Crippen LogP contribution is -2.50. The molecule has 0 unspecified atom stereocenters. The summed E-state index contributed by atoms with van der Waals surface area (Å²) in [6.07, 6.45) is 6.95. The molecule has 0 radical (unpaired) electrons. The van der Waals surface area contributed by atoms with Gasteiger partial charge in [0.05, 0.1) is 13.2 Å². The van der Waals surface area contributed by atoms with E-state index in [0.29, 0.717) is 19.1 Å². The molecule has 0 spiro atoms. The smallest absolute Gasteiger partial charge is 0.225 e. The van der Waals surface area contributed by atoms with Gasteiger partial charge < -0.3 is 19.9 Å². The number of guanidine groups is 1. The SMILES string of the molecule is CN=C(NCC1CCC(c2ccccc2)CC1)N1CCC(C(=O)N2CCOCC2)CC1.I. The normalized spacial score (nSPS) is 25.2. The standard InChI is InChI=1S/C25H38N4O2.HI/c1-26-25(27-19-20-7-9-22(10-8-20)21-5-3-2-4-6-21)29-13-11-23(12-14-29)24(30)28-15-17-31-18-16-28;/h2-6,20,22-23H,7-19H2,1H3,(H,26,27);1H. The second-order valence-corrected chi connectivity index (χ2v) is 9.26. The number of nitrogens with one attached hydrogen (secondary N) is 1. The third kappa shape index (κ3) is 6.59. The van der Waals surface area contributed by atoms with Crippen molar-refractivity contribution in [2.24, 2.45) is 16.8 Å². The first kappa shape index (κ1) is 25.3. The first-order valence-corrected chi connectivity index (χ1v) is 12.1. The van der Waals surface area contributed by atoms with Gasteiger partial charge in [-0.3, -0.25) is 9.79 Å². The molecule has 3 fully saturated rings. The van der Waals surface area contributed by atoms with E-state index >= 15 is 0 Å². The Labute approximate surface area is 210 Å². The van der Waals surface area contributed by atoms with Crippen molar-refractivity contribution >= 4 is 35.8 Å². The largest absolute Gasteiger partial charge is 0.378 e. The van der Waals surface area contributed by atoms with Crippen LogP contribution >= 0.6 is 24.0 Å². The highest BCUT2D eigenvalue weighted by atomic mass is 127. The number of likely N-dealkylation sites (tertiary alicyclic amines) is 1. The van der Waals surface area contributed by atoms with Gasteiger partial charge in [0.25, 0.3) is 0 Å². The maximum absolute atomic E-state index is 12.8. The molecule has 2 heterocycles. The third-order valence-corrected chi connectivity index (χ3v) is 7.34. The van der Waals surface area contributed by atoms with E-state index in [-0.39, 0.29) is 29.9 Å². The molecule has 7 heteroatoms. The second-order valence-electron chi connectivity index (χ2n) is 9.26. The summed E-state index contributed by atoms with van der Waals surface area (Å²) in [5.74, 6) is 2.92. The molecule has 4 rings (SSSR count). The van der Waals surface area contributed by atoms with Gasteiger partial charge in [-0.2, -0.15) is 0 Å². The minimum atomic E-state index is 0. The number of rotatable bonds is 4. The Morgan fingerprint density at radius 1 is 0.969 bits per heavy atom. The number of nitrogens with zero attached hydrogens (tertiary/aromatic N) is 3. The molecule has 1 saturated carbocycles. The topological polar surface area (TPSA) is 57.2 Å². The summed E-state index contributed by atoms with van der Waals surface area (Å²) < 4.78 is 5.38. The number of aliphatic imine (C=N–C) groups is 1. The van der Waals surface area contributed by atoms with Gasteiger partial charge in [-0.05, 0) is 55.9 Å². The minimum absolute atomic E-state index is 0. The van der Waals surface area contributed by atoms with Crippen LogP contribution in [-0.4, -0.2) is 74.7 Å². The Hall–Kier alpha value is -1.35. The van der Waals surface area contributed by atoms with Gasteiger partial charge in [0.1, 0.15) is 0 Å². The van der Waals surface area contributed by atoms with Gasteiger partial charge in [0, 0.05) is 45.7 Å². The molecule has 178 valence electrons. The fourth-order valence-corrected chi connectivity index (χ4v) is 5.37. The highest BCUT2D eigenvalue weighted by molar-refractivity contribution is 14.0. The quantitative estimate of drug-likeness (QED) is 0.350.